The molecule has 0 unspecified atom stereocenters. The Morgan fingerprint density at radius 1 is 0.579 bits per heavy atom. The average molecular weight is 241 g/mol. The van der Waals surface area contributed by atoms with E-state index >= 15 is 0 Å². The fraction of sp³-hybridized carbons (Fsp3) is 0.0526. The van der Waals surface area contributed by atoms with Crippen LogP contribution in [0.3, 0.4) is 0 Å². The molecular weight excluding hydrogens is 228 g/mol. The van der Waals surface area contributed by atoms with Crippen molar-refractivity contribution >= 4 is 32.3 Å². The van der Waals surface area contributed by atoms with Gasteiger partial charge in [0.1, 0.15) is 0 Å². The lowest BCUT2D eigenvalue weighted by Gasteiger charge is -2.10. The van der Waals surface area contributed by atoms with Gasteiger partial charge in [-0.25, -0.2) is 0 Å². The highest BCUT2D eigenvalue weighted by molar-refractivity contribution is 6.25. The third kappa shape index (κ3) is 1.47. The van der Waals surface area contributed by atoms with Crippen LogP contribution in [0, 0.1) is 13.0 Å². The Balaban J connectivity index is 2.43. The van der Waals surface area contributed by atoms with Gasteiger partial charge in [-0.2, -0.15) is 0 Å². The highest BCUT2D eigenvalue weighted by Gasteiger charge is 2.07. The minimum atomic E-state index is 1.19. The third-order valence-corrected chi connectivity index (χ3v) is 3.80. The van der Waals surface area contributed by atoms with E-state index in [2.05, 4.69) is 73.7 Å². The van der Waals surface area contributed by atoms with Crippen LogP contribution in [-0.4, -0.2) is 0 Å². The van der Waals surface area contributed by atoms with Gasteiger partial charge >= 0.3 is 0 Å². The minimum absolute atomic E-state index is 1.19. The van der Waals surface area contributed by atoms with E-state index in [4.69, 9.17) is 0 Å². The molecule has 4 aromatic carbocycles. The second kappa shape index (κ2) is 3.83. The first-order valence-corrected chi connectivity index (χ1v) is 6.57. The van der Waals surface area contributed by atoms with Crippen molar-refractivity contribution < 1.29 is 0 Å². The summed E-state index contributed by atoms with van der Waals surface area (Å²) in [5.41, 5.74) is 1.19. The molecule has 0 aliphatic rings. The number of aryl methyl sites for hydroxylation is 1. The van der Waals surface area contributed by atoms with Gasteiger partial charge < -0.3 is 0 Å². The molecule has 4 rings (SSSR count). The maximum absolute atomic E-state index is 3.52. The van der Waals surface area contributed by atoms with Crippen LogP contribution in [0.15, 0.2) is 60.7 Å². The second-order valence-corrected chi connectivity index (χ2v) is 5.02. The van der Waals surface area contributed by atoms with Crippen LogP contribution in [0.4, 0.5) is 0 Å². The molecule has 0 bridgehead atoms. The number of rotatable bonds is 0. The van der Waals surface area contributed by atoms with Crippen molar-refractivity contribution in [2.24, 2.45) is 0 Å². The van der Waals surface area contributed by atoms with Crippen LogP contribution in [-0.2, 0) is 0 Å². The second-order valence-electron chi connectivity index (χ2n) is 5.02. The Kier molecular flexibility index (Phi) is 2.13. The molecule has 0 spiro atoms. The van der Waals surface area contributed by atoms with Crippen molar-refractivity contribution in [1.29, 1.82) is 0 Å². The number of benzene rings is 4. The lowest BCUT2D eigenvalue weighted by Crippen LogP contribution is -1.84. The van der Waals surface area contributed by atoms with Gasteiger partial charge in [-0.15, -0.1) is 0 Å². The van der Waals surface area contributed by atoms with Crippen molar-refractivity contribution in [3.05, 3.63) is 72.3 Å². The van der Waals surface area contributed by atoms with Crippen molar-refractivity contribution in [3.63, 3.8) is 0 Å². The molecule has 0 N–H and O–H groups in total. The van der Waals surface area contributed by atoms with E-state index in [9.17, 15) is 0 Å². The molecule has 0 aromatic heterocycles. The monoisotopic (exact) mass is 241 g/mol. The van der Waals surface area contributed by atoms with Crippen molar-refractivity contribution in [1.82, 2.24) is 0 Å². The SMILES string of the molecule is Cc1[c]c2c3ccccc3c3ccccc3c2cc1. The maximum atomic E-state index is 3.52. The van der Waals surface area contributed by atoms with Crippen LogP contribution in [0.1, 0.15) is 5.56 Å². The molecule has 0 aliphatic carbocycles. The van der Waals surface area contributed by atoms with Crippen molar-refractivity contribution in [2.75, 3.05) is 0 Å². The molecule has 0 aliphatic heterocycles. The zero-order valence-corrected chi connectivity index (χ0v) is 10.8. The van der Waals surface area contributed by atoms with Gasteiger partial charge in [0.15, 0.2) is 0 Å². The molecule has 0 saturated heterocycles. The van der Waals surface area contributed by atoms with E-state index in [1.807, 2.05) is 0 Å². The van der Waals surface area contributed by atoms with Gasteiger partial charge in [0.2, 0.25) is 0 Å². The van der Waals surface area contributed by atoms with E-state index in [0.29, 0.717) is 0 Å². The Morgan fingerprint density at radius 2 is 1.05 bits per heavy atom. The van der Waals surface area contributed by atoms with E-state index in [-0.39, 0.29) is 0 Å². The Bertz CT molecular complexity index is 881. The largest absolute Gasteiger partial charge is 0.0616 e. The summed E-state index contributed by atoms with van der Waals surface area (Å²) in [5, 5.41) is 7.76. The summed E-state index contributed by atoms with van der Waals surface area (Å²) in [4.78, 5) is 0. The molecule has 0 heterocycles. The summed E-state index contributed by atoms with van der Waals surface area (Å²) in [5.74, 6) is 0. The maximum Gasteiger partial charge on any atom is -0.00174 e. The van der Waals surface area contributed by atoms with E-state index in [1.54, 1.807) is 0 Å². The molecule has 89 valence electrons. The highest BCUT2D eigenvalue weighted by atomic mass is 14.1. The molecule has 0 heteroatoms. The standard InChI is InChI=1S/C19H13/c1-13-10-11-18-16-8-3-2-6-14(16)15-7-4-5-9-17(15)19(18)12-13/h2-11H,1H3. The van der Waals surface area contributed by atoms with E-state index in [0.717, 1.165) is 0 Å². The number of hydrogen-bond donors (Lipinski definition) is 0. The third-order valence-electron chi connectivity index (χ3n) is 3.80. The lowest BCUT2D eigenvalue weighted by atomic mass is 9.93. The summed E-state index contributed by atoms with van der Waals surface area (Å²) in [6.45, 7) is 2.10. The molecule has 19 heavy (non-hydrogen) atoms. The Labute approximate surface area is 112 Å². The molecular formula is C19H13. The zero-order chi connectivity index (χ0) is 12.8. The normalized spacial score (nSPS) is 11.4. The van der Waals surface area contributed by atoms with Gasteiger partial charge in [0, 0.05) is 0 Å². The summed E-state index contributed by atoms with van der Waals surface area (Å²) in [6, 6.07) is 25.1. The minimum Gasteiger partial charge on any atom is -0.0616 e. The Morgan fingerprint density at radius 3 is 1.68 bits per heavy atom. The molecule has 1 radical (unpaired) electrons. The molecule has 0 saturated carbocycles. The fourth-order valence-electron chi connectivity index (χ4n) is 2.92. The average Bonchev–Trinajstić information content (AvgIpc) is 2.47. The van der Waals surface area contributed by atoms with Crippen molar-refractivity contribution in [2.45, 2.75) is 6.92 Å². The van der Waals surface area contributed by atoms with E-state index in [1.165, 1.54) is 37.9 Å². The van der Waals surface area contributed by atoms with Gasteiger partial charge in [-0.05, 0) is 50.9 Å². The van der Waals surface area contributed by atoms with Crippen LogP contribution in [0.2, 0.25) is 0 Å². The van der Waals surface area contributed by atoms with Crippen LogP contribution in [0.25, 0.3) is 32.3 Å². The van der Waals surface area contributed by atoms with Crippen LogP contribution >= 0.6 is 0 Å². The highest BCUT2D eigenvalue weighted by Crippen LogP contribution is 2.34. The predicted molar refractivity (Wildman–Crippen MR) is 82.5 cm³/mol. The summed E-state index contributed by atoms with van der Waals surface area (Å²) < 4.78 is 0. The Hall–Kier alpha value is -2.34. The summed E-state index contributed by atoms with van der Waals surface area (Å²) in [7, 11) is 0. The first kappa shape index (κ1) is 10.6. The molecule has 0 fully saturated rings. The van der Waals surface area contributed by atoms with E-state index < -0.39 is 0 Å². The first-order valence-electron chi connectivity index (χ1n) is 6.57. The van der Waals surface area contributed by atoms with Crippen molar-refractivity contribution in [3.8, 4) is 0 Å². The quantitative estimate of drug-likeness (QED) is 0.369. The topological polar surface area (TPSA) is 0 Å². The number of hydrogen-bond acceptors (Lipinski definition) is 0. The van der Waals surface area contributed by atoms with Gasteiger partial charge in [0.05, 0.1) is 0 Å². The summed E-state index contributed by atoms with van der Waals surface area (Å²) in [6.07, 6.45) is 0. The van der Waals surface area contributed by atoms with Gasteiger partial charge in [-0.3, -0.25) is 0 Å². The molecule has 0 nitrogen and oxygen atoms in total. The lowest BCUT2D eigenvalue weighted by molar-refractivity contribution is 1.50. The molecule has 0 atom stereocenters. The van der Waals surface area contributed by atoms with Crippen LogP contribution in [0.5, 0.6) is 0 Å². The predicted octanol–water partition coefficient (Wildman–Crippen LogP) is 5.25. The molecule has 0 amide bonds. The fourth-order valence-corrected chi connectivity index (χ4v) is 2.92. The first-order chi connectivity index (χ1) is 9.34. The van der Waals surface area contributed by atoms with Crippen LogP contribution < -0.4 is 0 Å². The van der Waals surface area contributed by atoms with Gasteiger partial charge in [0.25, 0.3) is 0 Å². The zero-order valence-electron chi connectivity index (χ0n) is 10.8. The summed E-state index contributed by atoms with van der Waals surface area (Å²) >= 11 is 0. The van der Waals surface area contributed by atoms with Gasteiger partial charge in [-0.1, -0.05) is 60.7 Å². The smallest absolute Gasteiger partial charge is 0.00174 e. The molecule has 4 aromatic rings. The number of fused-ring (bicyclic) bond motifs is 6.